The molecule has 8 heteroatoms. The molecule has 3 heterocycles. The molecule has 0 radical (unpaired) electrons. The van der Waals surface area contributed by atoms with Gasteiger partial charge in [-0.15, -0.1) is 13.2 Å². The summed E-state index contributed by atoms with van der Waals surface area (Å²) in [6, 6.07) is 7.90. The van der Waals surface area contributed by atoms with Crippen LogP contribution in [-0.2, 0) is 25.5 Å². The maximum absolute atomic E-state index is 14.5. The van der Waals surface area contributed by atoms with E-state index in [-0.39, 0.29) is 30.4 Å². The van der Waals surface area contributed by atoms with E-state index in [0.717, 1.165) is 5.56 Å². The van der Waals surface area contributed by atoms with Gasteiger partial charge < -0.3 is 24.5 Å². The molecule has 0 saturated carbocycles. The minimum atomic E-state index is -1.14. The van der Waals surface area contributed by atoms with Crippen molar-refractivity contribution in [2.75, 3.05) is 26.7 Å². The third kappa shape index (κ3) is 4.61. The molecule has 39 heavy (non-hydrogen) atoms. The Labute approximate surface area is 232 Å². The van der Waals surface area contributed by atoms with Crippen LogP contribution in [0.1, 0.15) is 45.6 Å². The highest BCUT2D eigenvalue weighted by molar-refractivity contribution is 5.99. The van der Waals surface area contributed by atoms with Crippen molar-refractivity contribution in [3.63, 3.8) is 0 Å². The van der Waals surface area contributed by atoms with E-state index in [1.165, 1.54) is 0 Å². The Morgan fingerprint density at radius 2 is 1.82 bits per heavy atom. The van der Waals surface area contributed by atoms with E-state index in [1.807, 2.05) is 51.1 Å². The molecule has 2 unspecified atom stereocenters. The molecular weight excluding hydrogens is 494 g/mol. The maximum atomic E-state index is 14.5. The zero-order valence-corrected chi connectivity index (χ0v) is 23.7. The summed E-state index contributed by atoms with van der Waals surface area (Å²) < 4.78 is 6.88. The number of carbonyl (C=O) groups is 3. The Morgan fingerprint density at radius 1 is 1.15 bits per heavy atom. The first kappa shape index (κ1) is 29.0. The predicted octanol–water partition coefficient (Wildman–Crippen LogP) is 2.81. The van der Waals surface area contributed by atoms with Gasteiger partial charge in [-0.05, 0) is 45.1 Å². The SMILES string of the molecule is C=CCN(C)C(=O)[C@H]1[C@H]2C(=O)N([C@@H](CO)Cc3ccccc3)C(C(=O)N(CC=C)C(C)C)C23CC[C@]1(CC)O3. The Morgan fingerprint density at radius 3 is 2.38 bits per heavy atom. The van der Waals surface area contributed by atoms with Crippen LogP contribution in [0.15, 0.2) is 55.6 Å². The number of hydrogen-bond donors (Lipinski definition) is 1. The number of nitrogens with zero attached hydrogens (tertiary/aromatic N) is 3. The average Bonchev–Trinajstić information content (AvgIpc) is 3.53. The maximum Gasteiger partial charge on any atom is 0.248 e. The van der Waals surface area contributed by atoms with Gasteiger partial charge in [-0.25, -0.2) is 0 Å². The van der Waals surface area contributed by atoms with Crippen LogP contribution in [0.2, 0.25) is 0 Å². The first-order valence-electron chi connectivity index (χ1n) is 14.1. The van der Waals surface area contributed by atoms with Gasteiger partial charge in [-0.2, -0.15) is 0 Å². The number of carbonyl (C=O) groups excluding carboxylic acids is 3. The molecule has 0 aromatic heterocycles. The molecule has 8 nitrogen and oxygen atoms in total. The predicted molar refractivity (Wildman–Crippen MR) is 150 cm³/mol. The summed E-state index contributed by atoms with van der Waals surface area (Å²) in [6.45, 7) is 13.8. The fraction of sp³-hybridized carbons (Fsp3) is 0.581. The molecule has 212 valence electrons. The van der Waals surface area contributed by atoms with Crippen molar-refractivity contribution in [2.24, 2.45) is 11.8 Å². The van der Waals surface area contributed by atoms with Gasteiger partial charge in [0.2, 0.25) is 17.7 Å². The van der Waals surface area contributed by atoms with Gasteiger partial charge in [0, 0.05) is 26.2 Å². The first-order valence-corrected chi connectivity index (χ1v) is 14.1. The first-order chi connectivity index (χ1) is 18.6. The fourth-order valence-electron chi connectivity index (χ4n) is 7.21. The fourth-order valence-corrected chi connectivity index (χ4v) is 7.21. The number of aliphatic hydroxyl groups is 1. The number of hydrogen-bond acceptors (Lipinski definition) is 5. The molecular formula is C31H43N3O5. The minimum Gasteiger partial charge on any atom is -0.394 e. The van der Waals surface area contributed by atoms with Crippen molar-refractivity contribution in [3.05, 3.63) is 61.2 Å². The summed E-state index contributed by atoms with van der Waals surface area (Å²) in [6.07, 6.45) is 5.38. The third-order valence-corrected chi connectivity index (χ3v) is 9.05. The van der Waals surface area contributed by atoms with Gasteiger partial charge in [-0.1, -0.05) is 49.4 Å². The molecule has 0 aliphatic carbocycles. The number of ether oxygens (including phenoxy) is 1. The zero-order chi connectivity index (χ0) is 28.5. The lowest BCUT2D eigenvalue weighted by Gasteiger charge is -2.40. The highest BCUT2D eigenvalue weighted by Gasteiger charge is 2.79. The molecule has 1 aromatic rings. The van der Waals surface area contributed by atoms with Gasteiger partial charge in [0.1, 0.15) is 11.6 Å². The van der Waals surface area contributed by atoms with E-state index < -0.39 is 35.1 Å². The Balaban J connectivity index is 1.85. The van der Waals surface area contributed by atoms with Crippen LogP contribution >= 0.6 is 0 Å². The lowest BCUT2D eigenvalue weighted by Crippen LogP contribution is -2.60. The summed E-state index contributed by atoms with van der Waals surface area (Å²) >= 11 is 0. The van der Waals surface area contributed by atoms with Gasteiger partial charge in [0.15, 0.2) is 0 Å². The van der Waals surface area contributed by atoms with E-state index in [2.05, 4.69) is 13.2 Å². The molecule has 1 aromatic carbocycles. The van der Waals surface area contributed by atoms with Crippen LogP contribution in [-0.4, -0.2) is 93.6 Å². The van der Waals surface area contributed by atoms with E-state index >= 15 is 0 Å². The van der Waals surface area contributed by atoms with Crippen molar-refractivity contribution in [1.82, 2.24) is 14.7 Å². The molecule has 3 saturated heterocycles. The van der Waals surface area contributed by atoms with E-state index in [4.69, 9.17) is 4.74 Å². The molecule has 3 aliphatic rings. The van der Waals surface area contributed by atoms with Crippen LogP contribution in [0.3, 0.4) is 0 Å². The number of benzene rings is 1. The second-order valence-electron chi connectivity index (χ2n) is 11.5. The second kappa shape index (κ2) is 11.3. The highest BCUT2D eigenvalue weighted by atomic mass is 16.5. The number of amides is 3. The Kier molecular flexibility index (Phi) is 8.38. The van der Waals surface area contributed by atoms with E-state index in [9.17, 15) is 19.5 Å². The average molecular weight is 538 g/mol. The van der Waals surface area contributed by atoms with Crippen molar-refractivity contribution in [3.8, 4) is 0 Å². The Hall–Kier alpha value is -2.97. The summed E-state index contributed by atoms with van der Waals surface area (Å²) in [4.78, 5) is 47.7. The monoisotopic (exact) mass is 537 g/mol. The van der Waals surface area contributed by atoms with Crippen LogP contribution in [0.5, 0.6) is 0 Å². The van der Waals surface area contributed by atoms with Gasteiger partial charge in [-0.3, -0.25) is 14.4 Å². The summed E-state index contributed by atoms with van der Waals surface area (Å²) in [5.74, 6) is -2.20. The minimum absolute atomic E-state index is 0.139. The smallest absolute Gasteiger partial charge is 0.248 e. The topological polar surface area (TPSA) is 90.4 Å². The summed E-state index contributed by atoms with van der Waals surface area (Å²) in [5.41, 5.74) is -1.00. The van der Waals surface area contributed by atoms with E-state index in [0.29, 0.717) is 38.8 Å². The van der Waals surface area contributed by atoms with Crippen LogP contribution < -0.4 is 0 Å². The number of likely N-dealkylation sites (tertiary alicyclic amines) is 1. The number of rotatable bonds is 12. The second-order valence-corrected chi connectivity index (χ2v) is 11.5. The van der Waals surface area contributed by atoms with Crippen molar-refractivity contribution >= 4 is 17.7 Å². The van der Waals surface area contributed by atoms with Crippen molar-refractivity contribution < 1.29 is 24.2 Å². The normalized spacial score (nSPS) is 29.8. The molecule has 4 rings (SSSR count). The quantitative estimate of drug-likeness (QED) is 0.414. The van der Waals surface area contributed by atoms with E-state index in [1.54, 1.807) is 33.9 Å². The van der Waals surface area contributed by atoms with Crippen LogP contribution in [0.25, 0.3) is 0 Å². The Bertz CT molecular complexity index is 1110. The number of aliphatic hydroxyl groups excluding tert-OH is 1. The standard InChI is InChI=1S/C31H43N3O5/c1-7-17-32(6)27(36)24-25-28(37)34(23(20-35)19-22-13-11-10-12-14-22)26(29(38)33(18-8-2)21(4)5)31(25)16-15-30(24,9-3)39-31/h7-8,10-14,21,23-26,35H,1-2,9,15-20H2,3-6H3/t23-,24-,25+,26?,30+,31?/m1/s1. The lowest BCUT2D eigenvalue weighted by atomic mass is 9.64. The van der Waals surface area contributed by atoms with Gasteiger partial charge >= 0.3 is 0 Å². The summed E-state index contributed by atoms with van der Waals surface area (Å²) in [5, 5.41) is 10.6. The highest BCUT2D eigenvalue weighted by Crippen LogP contribution is 2.65. The molecule has 3 aliphatic heterocycles. The molecule has 1 spiro atoms. The molecule has 1 N–H and O–H groups in total. The van der Waals surface area contributed by atoms with Gasteiger partial charge in [0.25, 0.3) is 0 Å². The van der Waals surface area contributed by atoms with Crippen LogP contribution in [0, 0.1) is 11.8 Å². The zero-order valence-electron chi connectivity index (χ0n) is 23.7. The molecule has 3 fully saturated rings. The lowest BCUT2D eigenvalue weighted by molar-refractivity contribution is -0.158. The van der Waals surface area contributed by atoms with Gasteiger partial charge in [0.05, 0.1) is 30.1 Å². The third-order valence-electron chi connectivity index (χ3n) is 9.05. The molecule has 3 amide bonds. The molecule has 6 atom stereocenters. The van der Waals surface area contributed by atoms with Crippen molar-refractivity contribution in [1.29, 1.82) is 0 Å². The molecule has 2 bridgehead atoms. The summed E-state index contributed by atoms with van der Waals surface area (Å²) in [7, 11) is 1.71. The number of fused-ring (bicyclic) bond motifs is 1. The van der Waals surface area contributed by atoms with Crippen molar-refractivity contribution in [2.45, 2.75) is 75.8 Å². The number of likely N-dealkylation sites (N-methyl/N-ethyl adjacent to an activating group) is 1. The van der Waals surface area contributed by atoms with Crippen LogP contribution in [0.4, 0.5) is 0 Å². The largest absolute Gasteiger partial charge is 0.394 e.